The summed E-state index contributed by atoms with van der Waals surface area (Å²) in [6.45, 7) is 2.95. The Morgan fingerprint density at radius 2 is 1.84 bits per heavy atom. The number of nitrogens with zero attached hydrogens (tertiary/aromatic N) is 6. The summed E-state index contributed by atoms with van der Waals surface area (Å²) in [6, 6.07) is 9.02. The van der Waals surface area contributed by atoms with Gasteiger partial charge in [-0.25, -0.2) is 9.78 Å². The third-order valence-electron chi connectivity index (χ3n) is 5.82. The zero-order valence-electron chi connectivity index (χ0n) is 17.1. The van der Waals surface area contributed by atoms with Crippen molar-refractivity contribution in [3.63, 3.8) is 0 Å². The van der Waals surface area contributed by atoms with Crippen LogP contribution in [0, 0.1) is 0 Å². The number of anilines is 2. The molecule has 1 aromatic carbocycles. The van der Waals surface area contributed by atoms with Gasteiger partial charge in [0.2, 0.25) is 5.95 Å². The molecule has 1 atom stereocenters. The first-order valence-electron chi connectivity index (χ1n) is 10.3. The fourth-order valence-corrected chi connectivity index (χ4v) is 4.83. The summed E-state index contributed by atoms with van der Waals surface area (Å²) in [7, 11) is 0. The first-order valence-corrected chi connectivity index (χ1v) is 11.1. The molecule has 1 fully saturated rings. The average Bonchev–Trinajstić information content (AvgIpc) is 3.10. The summed E-state index contributed by atoms with van der Waals surface area (Å²) in [5.41, 5.74) is 1.88. The number of aromatic nitrogens is 4. The van der Waals surface area contributed by atoms with Crippen LogP contribution in [0.25, 0.3) is 5.69 Å². The smallest absolute Gasteiger partial charge is 0.404 e. The van der Waals surface area contributed by atoms with Crippen molar-refractivity contribution in [1.82, 2.24) is 25.1 Å². The number of hydrogen-bond acceptors (Lipinski definition) is 6. The van der Waals surface area contributed by atoms with Gasteiger partial charge in [-0.2, -0.15) is 0 Å². The zero-order chi connectivity index (χ0) is 22.2. The summed E-state index contributed by atoms with van der Waals surface area (Å²) >= 11 is 12.6. The Labute approximate surface area is 194 Å². The van der Waals surface area contributed by atoms with E-state index in [0.29, 0.717) is 22.9 Å². The van der Waals surface area contributed by atoms with Gasteiger partial charge in [-0.05, 0) is 42.3 Å². The van der Waals surface area contributed by atoms with Gasteiger partial charge in [-0.1, -0.05) is 23.2 Å². The molecule has 0 aliphatic carbocycles. The van der Waals surface area contributed by atoms with Crippen molar-refractivity contribution in [3.05, 3.63) is 58.0 Å². The van der Waals surface area contributed by atoms with Crippen LogP contribution in [-0.4, -0.2) is 63.2 Å². The van der Waals surface area contributed by atoms with E-state index in [1.807, 2.05) is 34.9 Å². The molecule has 0 radical (unpaired) electrons. The highest BCUT2D eigenvalue weighted by molar-refractivity contribution is 6.33. The van der Waals surface area contributed by atoms with E-state index in [1.54, 1.807) is 6.20 Å². The number of carboxylic acid groups (broad SMARTS) is 1. The molecule has 2 N–H and O–H groups in total. The highest BCUT2D eigenvalue weighted by Crippen LogP contribution is 2.31. The van der Waals surface area contributed by atoms with E-state index < -0.39 is 6.09 Å². The lowest BCUT2D eigenvalue weighted by molar-refractivity contribution is 0.189. The molecule has 4 heterocycles. The Morgan fingerprint density at radius 1 is 1.06 bits per heavy atom. The molecule has 166 valence electrons. The number of nitrogens with one attached hydrogen (secondary N) is 1. The second kappa shape index (κ2) is 8.48. The van der Waals surface area contributed by atoms with Gasteiger partial charge in [0.15, 0.2) is 0 Å². The van der Waals surface area contributed by atoms with Gasteiger partial charge in [-0.3, -0.25) is 4.57 Å². The zero-order valence-corrected chi connectivity index (χ0v) is 18.6. The number of halogens is 2. The monoisotopic (exact) mass is 473 g/mol. The number of pyridine rings is 1. The summed E-state index contributed by atoms with van der Waals surface area (Å²) in [6.07, 6.45) is 1.65. The predicted octanol–water partition coefficient (Wildman–Crippen LogP) is 3.03. The number of hydrogen-bond donors (Lipinski definition) is 2. The fourth-order valence-electron chi connectivity index (χ4n) is 4.39. The molecular formula is C21H21Cl2N7O2. The maximum absolute atomic E-state index is 11.3. The molecule has 2 aliphatic heterocycles. The first kappa shape index (κ1) is 20.8. The first-order chi connectivity index (χ1) is 15.5. The predicted molar refractivity (Wildman–Crippen MR) is 122 cm³/mol. The Kier molecular flexibility index (Phi) is 5.52. The molecule has 32 heavy (non-hydrogen) atoms. The number of amides is 1. The Balaban J connectivity index is 1.45. The molecule has 1 unspecified atom stereocenters. The molecule has 11 heteroatoms. The van der Waals surface area contributed by atoms with Crippen LogP contribution >= 0.6 is 23.2 Å². The van der Waals surface area contributed by atoms with E-state index in [9.17, 15) is 9.90 Å². The Bertz CT molecular complexity index is 1160. The highest BCUT2D eigenvalue weighted by Gasteiger charge is 2.30. The minimum atomic E-state index is -1.06. The number of rotatable bonds is 3. The number of piperazine rings is 1. The van der Waals surface area contributed by atoms with Crippen molar-refractivity contribution in [1.29, 1.82) is 0 Å². The Morgan fingerprint density at radius 3 is 2.59 bits per heavy atom. The average molecular weight is 474 g/mol. The summed E-state index contributed by atoms with van der Waals surface area (Å²) < 4.78 is 2.03. The second-order valence-corrected chi connectivity index (χ2v) is 8.71. The molecule has 0 bridgehead atoms. The highest BCUT2D eigenvalue weighted by atomic mass is 35.5. The fraction of sp³-hybridized carbons (Fsp3) is 0.333. The molecule has 1 amide bonds. The van der Waals surface area contributed by atoms with Gasteiger partial charge in [0, 0.05) is 49.9 Å². The molecule has 2 aliphatic rings. The third-order valence-corrected chi connectivity index (χ3v) is 6.35. The molecule has 1 saturated heterocycles. The molecular weight excluding hydrogens is 453 g/mol. The second-order valence-electron chi connectivity index (χ2n) is 7.86. The van der Waals surface area contributed by atoms with Crippen LogP contribution in [0.4, 0.5) is 16.6 Å². The molecule has 3 aromatic rings. The van der Waals surface area contributed by atoms with Crippen LogP contribution in [0.15, 0.2) is 36.5 Å². The number of fused-ring (bicyclic) bond motifs is 3. The molecule has 2 aromatic heterocycles. The van der Waals surface area contributed by atoms with Crippen LogP contribution in [-0.2, 0) is 12.8 Å². The van der Waals surface area contributed by atoms with Crippen LogP contribution in [0.5, 0.6) is 0 Å². The van der Waals surface area contributed by atoms with E-state index >= 15 is 0 Å². The van der Waals surface area contributed by atoms with E-state index in [-0.39, 0.29) is 6.04 Å². The van der Waals surface area contributed by atoms with E-state index in [1.165, 1.54) is 0 Å². The van der Waals surface area contributed by atoms with Crippen LogP contribution < -0.4 is 15.1 Å². The minimum absolute atomic E-state index is 0.314. The van der Waals surface area contributed by atoms with Crippen molar-refractivity contribution in [3.8, 4) is 5.69 Å². The summed E-state index contributed by atoms with van der Waals surface area (Å²) in [4.78, 5) is 20.1. The molecule has 5 rings (SSSR count). The van der Waals surface area contributed by atoms with Gasteiger partial charge in [-0.15, -0.1) is 10.2 Å². The largest absolute Gasteiger partial charge is 0.465 e. The third kappa shape index (κ3) is 3.93. The van der Waals surface area contributed by atoms with E-state index in [4.69, 9.17) is 23.2 Å². The number of benzene rings is 1. The topological polar surface area (TPSA) is 99.4 Å². The van der Waals surface area contributed by atoms with Crippen molar-refractivity contribution in [2.24, 2.45) is 0 Å². The maximum atomic E-state index is 11.3. The van der Waals surface area contributed by atoms with Crippen LogP contribution in [0.1, 0.15) is 11.4 Å². The Hall–Kier alpha value is -3.04. The van der Waals surface area contributed by atoms with Crippen molar-refractivity contribution >= 4 is 41.1 Å². The summed E-state index contributed by atoms with van der Waals surface area (Å²) in [5, 5.41) is 22.0. The van der Waals surface area contributed by atoms with Gasteiger partial charge >= 0.3 is 6.09 Å². The van der Waals surface area contributed by atoms with Crippen molar-refractivity contribution < 1.29 is 9.90 Å². The quantitative estimate of drug-likeness (QED) is 0.602. The molecule has 0 spiro atoms. The lowest BCUT2D eigenvalue weighted by Gasteiger charge is -2.36. The van der Waals surface area contributed by atoms with Crippen molar-refractivity contribution in [2.75, 3.05) is 36.0 Å². The lowest BCUT2D eigenvalue weighted by atomic mass is 10.0. The normalized spacial score (nSPS) is 18.0. The standard InChI is InChI=1S/C21H21Cl2N7O2/c22-14-3-4-17-13(10-14)11-15(25-21(31)32)12-18-26-27-20(30(17)18)29-8-6-28(7-9-29)19-16(23)2-1-5-24-19/h1-5,10,15,25H,6-9,11-12H2,(H,31,32). The lowest BCUT2D eigenvalue weighted by Crippen LogP contribution is -2.47. The van der Waals surface area contributed by atoms with Gasteiger partial charge in [0.25, 0.3) is 0 Å². The van der Waals surface area contributed by atoms with Gasteiger partial charge < -0.3 is 20.2 Å². The van der Waals surface area contributed by atoms with E-state index in [0.717, 1.165) is 55.0 Å². The van der Waals surface area contributed by atoms with Crippen molar-refractivity contribution in [2.45, 2.75) is 18.9 Å². The van der Waals surface area contributed by atoms with Crippen LogP contribution in [0.2, 0.25) is 10.0 Å². The molecule has 9 nitrogen and oxygen atoms in total. The summed E-state index contributed by atoms with van der Waals surface area (Å²) in [5.74, 6) is 2.25. The van der Waals surface area contributed by atoms with E-state index in [2.05, 4.69) is 30.3 Å². The van der Waals surface area contributed by atoms with Crippen LogP contribution in [0.3, 0.4) is 0 Å². The van der Waals surface area contributed by atoms with Gasteiger partial charge in [0.1, 0.15) is 11.6 Å². The number of carbonyl (C=O) groups is 1. The van der Waals surface area contributed by atoms with Gasteiger partial charge in [0.05, 0.1) is 10.7 Å². The maximum Gasteiger partial charge on any atom is 0.404 e. The minimum Gasteiger partial charge on any atom is -0.465 e. The SMILES string of the molecule is O=C(O)NC1Cc2cc(Cl)ccc2-n2c(nnc2N2CCN(c3ncccc3Cl)CC2)C1. The molecule has 0 saturated carbocycles.